The molecule has 1 aliphatic heterocycles. The van der Waals surface area contributed by atoms with Crippen molar-refractivity contribution in [2.45, 2.75) is 62.5 Å². The van der Waals surface area contributed by atoms with Gasteiger partial charge in [-0.1, -0.05) is 48.0 Å². The molecule has 1 amide bonds. The monoisotopic (exact) mass is 570 g/mol. The van der Waals surface area contributed by atoms with Crippen molar-refractivity contribution in [3.8, 4) is 5.75 Å². The smallest absolute Gasteiger partial charge is 0.308 e. The van der Waals surface area contributed by atoms with Crippen LogP contribution >= 0.6 is 11.6 Å². The van der Waals surface area contributed by atoms with Crippen LogP contribution in [-0.2, 0) is 26.3 Å². The van der Waals surface area contributed by atoms with Crippen LogP contribution < -0.4 is 15.8 Å². The van der Waals surface area contributed by atoms with Crippen molar-refractivity contribution >= 4 is 29.1 Å². The molecule has 9 heteroatoms. The maximum Gasteiger partial charge on any atom is 0.308 e. The molecule has 5 rings (SSSR count). The predicted molar refractivity (Wildman–Crippen MR) is 149 cm³/mol. The van der Waals surface area contributed by atoms with E-state index in [9.17, 15) is 14.0 Å². The number of methoxy groups -OCH3 is 1. The Bertz CT molecular complexity index is 1370. The first-order valence-corrected chi connectivity index (χ1v) is 13.9. The number of allylic oxidation sites excluding steroid dienone is 2. The van der Waals surface area contributed by atoms with E-state index in [0.29, 0.717) is 24.3 Å². The lowest BCUT2D eigenvalue weighted by molar-refractivity contribution is -0.146. The molecule has 0 spiro atoms. The standard InChI is InChI=1S/C31H33ClF2N2O4/c1-30(34)25(33)15-12-21(28(35)37)27(30)26-22-16-31(19-6-4-3-5-7-19,40-24(22)14-13-23(26)32)17-36-20-10-8-18(9-11-20)29(38)39-2/h3-7,12-15,18,20,25,36H,8-11,16-17H2,1-2H3,(H2,35,37)/t18-,20-,25?,30?,31-/m1/s1. The van der Waals surface area contributed by atoms with Crippen LogP contribution in [-0.4, -0.2) is 43.4 Å². The number of esters is 1. The third-order valence-electron chi connectivity index (χ3n) is 8.45. The second-order valence-corrected chi connectivity index (χ2v) is 11.4. The lowest BCUT2D eigenvalue weighted by atomic mass is 9.77. The number of fused-ring (bicyclic) bond motifs is 1. The number of alkyl halides is 2. The number of ether oxygens (including phenoxy) is 2. The first-order chi connectivity index (χ1) is 19.1. The van der Waals surface area contributed by atoms with Gasteiger partial charge in [-0.25, -0.2) is 8.78 Å². The highest BCUT2D eigenvalue weighted by molar-refractivity contribution is 6.33. The maximum atomic E-state index is 16.1. The van der Waals surface area contributed by atoms with Gasteiger partial charge < -0.3 is 20.5 Å². The molecule has 2 unspecified atom stereocenters. The Hall–Kier alpha value is -3.23. The molecule has 1 fully saturated rings. The van der Waals surface area contributed by atoms with Crippen molar-refractivity contribution in [1.82, 2.24) is 5.32 Å². The van der Waals surface area contributed by atoms with Crippen LogP contribution in [0, 0.1) is 5.92 Å². The van der Waals surface area contributed by atoms with Crippen molar-refractivity contribution in [2.24, 2.45) is 11.7 Å². The number of nitrogens with two attached hydrogens (primary N) is 1. The number of primary amides is 1. The van der Waals surface area contributed by atoms with Gasteiger partial charge in [-0.05, 0) is 56.4 Å². The quantitative estimate of drug-likeness (QED) is 0.437. The molecular weight excluding hydrogens is 538 g/mol. The van der Waals surface area contributed by atoms with E-state index in [1.54, 1.807) is 12.1 Å². The van der Waals surface area contributed by atoms with E-state index in [1.807, 2.05) is 30.3 Å². The fraction of sp³-hybridized carbons (Fsp3) is 0.419. The Morgan fingerprint density at radius 2 is 1.85 bits per heavy atom. The first-order valence-electron chi connectivity index (χ1n) is 13.5. The molecule has 0 saturated heterocycles. The summed E-state index contributed by atoms with van der Waals surface area (Å²) < 4.78 is 42.5. The zero-order valence-corrected chi connectivity index (χ0v) is 23.3. The highest BCUT2D eigenvalue weighted by Crippen LogP contribution is 2.51. The minimum Gasteiger partial charge on any atom is -0.481 e. The maximum absolute atomic E-state index is 16.1. The van der Waals surface area contributed by atoms with E-state index in [1.165, 1.54) is 13.2 Å². The number of rotatable bonds is 7. The summed E-state index contributed by atoms with van der Waals surface area (Å²) in [6.07, 6.45) is 3.65. The van der Waals surface area contributed by atoms with Gasteiger partial charge in [0, 0.05) is 46.3 Å². The molecule has 0 bridgehead atoms. The van der Waals surface area contributed by atoms with Crippen LogP contribution in [0.1, 0.15) is 49.3 Å². The summed E-state index contributed by atoms with van der Waals surface area (Å²) in [6.45, 7) is 1.53. The first kappa shape index (κ1) is 28.3. The topological polar surface area (TPSA) is 90.6 Å². The molecule has 0 aromatic heterocycles. The Labute approximate surface area is 237 Å². The van der Waals surface area contributed by atoms with Crippen LogP contribution in [0.5, 0.6) is 5.75 Å². The van der Waals surface area contributed by atoms with Gasteiger partial charge in [0.2, 0.25) is 5.91 Å². The molecule has 6 nitrogen and oxygen atoms in total. The Morgan fingerprint density at radius 1 is 1.15 bits per heavy atom. The molecule has 2 aromatic carbocycles. The van der Waals surface area contributed by atoms with Crippen LogP contribution in [0.2, 0.25) is 5.02 Å². The summed E-state index contributed by atoms with van der Waals surface area (Å²) in [4.78, 5) is 24.3. The van der Waals surface area contributed by atoms with Crippen LogP contribution in [0.3, 0.4) is 0 Å². The number of benzene rings is 2. The SMILES string of the molecule is COC(=O)[C@H]1CC[C@H](NC[C@@]2(c3ccccc3)Cc3c(ccc(Cl)c3C3=C(C(N)=O)C=CC(F)C3(C)F)O2)CC1. The number of amides is 1. The van der Waals surface area contributed by atoms with Crippen molar-refractivity contribution in [2.75, 3.05) is 13.7 Å². The number of halogens is 3. The number of carbonyl (C=O) groups excluding carboxylic acids is 2. The van der Waals surface area contributed by atoms with Gasteiger partial charge >= 0.3 is 5.97 Å². The summed E-state index contributed by atoms with van der Waals surface area (Å²) in [6, 6.07) is 13.2. The van der Waals surface area contributed by atoms with Gasteiger partial charge in [0.05, 0.1) is 13.0 Å². The third kappa shape index (κ3) is 5.03. The van der Waals surface area contributed by atoms with E-state index >= 15 is 4.39 Å². The van der Waals surface area contributed by atoms with Gasteiger partial charge in [0.25, 0.3) is 0 Å². The normalized spacial score (nSPS) is 29.6. The Balaban J connectivity index is 1.51. The van der Waals surface area contributed by atoms with Crippen LogP contribution in [0.4, 0.5) is 8.78 Å². The van der Waals surface area contributed by atoms with E-state index in [4.69, 9.17) is 26.8 Å². The summed E-state index contributed by atoms with van der Waals surface area (Å²) in [5.41, 5.74) is 3.66. The van der Waals surface area contributed by atoms with Gasteiger partial charge in [-0.3, -0.25) is 9.59 Å². The molecule has 212 valence electrons. The lowest BCUT2D eigenvalue weighted by Gasteiger charge is -2.34. The number of hydrogen-bond acceptors (Lipinski definition) is 5. The average molecular weight is 571 g/mol. The molecule has 2 aliphatic carbocycles. The molecule has 3 aliphatic rings. The van der Waals surface area contributed by atoms with Crippen LogP contribution in [0.15, 0.2) is 60.2 Å². The van der Waals surface area contributed by atoms with E-state index < -0.39 is 23.3 Å². The third-order valence-corrected chi connectivity index (χ3v) is 8.76. The van der Waals surface area contributed by atoms with Gasteiger partial charge in [0.1, 0.15) is 5.75 Å². The second-order valence-electron chi connectivity index (χ2n) is 11.0. The molecular formula is C31H33ClF2N2O4. The Morgan fingerprint density at radius 3 is 2.50 bits per heavy atom. The molecule has 1 heterocycles. The zero-order valence-electron chi connectivity index (χ0n) is 22.5. The zero-order chi connectivity index (χ0) is 28.7. The number of nitrogens with one attached hydrogen (secondary N) is 1. The van der Waals surface area contributed by atoms with Crippen molar-refractivity contribution in [3.05, 3.63) is 81.9 Å². The molecule has 3 N–H and O–H groups in total. The number of hydrogen-bond donors (Lipinski definition) is 2. The highest BCUT2D eigenvalue weighted by Gasteiger charge is 2.48. The molecule has 1 saturated carbocycles. The largest absolute Gasteiger partial charge is 0.481 e. The fourth-order valence-corrected chi connectivity index (χ4v) is 6.49. The molecule has 0 radical (unpaired) electrons. The minimum absolute atomic E-state index is 0.0885. The average Bonchev–Trinajstić information content (AvgIpc) is 3.34. The highest BCUT2D eigenvalue weighted by atomic mass is 35.5. The van der Waals surface area contributed by atoms with Gasteiger partial charge in [-0.2, -0.15) is 0 Å². The second kappa shape index (κ2) is 11.0. The molecule has 2 aromatic rings. The Kier molecular flexibility index (Phi) is 7.77. The summed E-state index contributed by atoms with van der Waals surface area (Å²) >= 11 is 6.67. The molecule has 40 heavy (non-hydrogen) atoms. The summed E-state index contributed by atoms with van der Waals surface area (Å²) in [5.74, 6) is -0.644. The van der Waals surface area contributed by atoms with Crippen molar-refractivity contribution in [1.29, 1.82) is 0 Å². The van der Waals surface area contributed by atoms with Crippen LogP contribution in [0.25, 0.3) is 5.57 Å². The van der Waals surface area contributed by atoms with E-state index in [-0.39, 0.29) is 39.7 Å². The van der Waals surface area contributed by atoms with E-state index in [2.05, 4.69) is 5.32 Å². The minimum atomic E-state index is -2.54. The lowest BCUT2D eigenvalue weighted by Crippen LogP contribution is -2.47. The van der Waals surface area contributed by atoms with Gasteiger partial charge in [-0.15, -0.1) is 0 Å². The van der Waals surface area contributed by atoms with Crippen molar-refractivity contribution < 1.29 is 27.8 Å². The number of carbonyl (C=O) groups is 2. The fourth-order valence-electron chi connectivity index (χ4n) is 6.22. The van der Waals surface area contributed by atoms with E-state index in [0.717, 1.165) is 44.2 Å². The molecule has 3 atom stereocenters. The van der Waals surface area contributed by atoms with Gasteiger partial charge in [0.15, 0.2) is 17.4 Å². The summed E-state index contributed by atoms with van der Waals surface area (Å²) in [7, 11) is 1.41. The summed E-state index contributed by atoms with van der Waals surface area (Å²) in [5, 5.41) is 3.82. The predicted octanol–water partition coefficient (Wildman–Crippen LogP) is 5.37. The van der Waals surface area contributed by atoms with Crippen molar-refractivity contribution in [3.63, 3.8) is 0 Å².